The van der Waals surface area contributed by atoms with Gasteiger partial charge >= 0.3 is 0 Å². The van der Waals surface area contributed by atoms with E-state index in [2.05, 4.69) is 4.90 Å². The zero-order chi connectivity index (χ0) is 16.2. The smallest absolute Gasteiger partial charge is 0.233 e. The predicted octanol–water partition coefficient (Wildman–Crippen LogP) is 1.59. The molecule has 23 heavy (non-hydrogen) atoms. The highest BCUT2D eigenvalue weighted by Crippen LogP contribution is 2.24. The second-order valence-corrected chi connectivity index (χ2v) is 6.51. The van der Waals surface area contributed by atoms with Crippen LogP contribution in [-0.2, 0) is 20.7 Å². The predicted molar refractivity (Wildman–Crippen MR) is 87.2 cm³/mol. The number of nitrogens with zero attached hydrogens (tertiary/aromatic N) is 2. The molecule has 0 spiro atoms. The van der Waals surface area contributed by atoms with Crippen molar-refractivity contribution in [3.63, 3.8) is 0 Å². The van der Waals surface area contributed by atoms with Gasteiger partial charge in [-0.3, -0.25) is 19.4 Å². The number of benzene rings is 1. The van der Waals surface area contributed by atoms with Gasteiger partial charge in [0.2, 0.25) is 11.8 Å². The molecule has 2 saturated heterocycles. The number of hydrogen-bond acceptors (Lipinski definition) is 4. The zero-order valence-electron chi connectivity index (χ0n) is 13.0. The van der Waals surface area contributed by atoms with Gasteiger partial charge in [0.25, 0.3) is 0 Å². The maximum absolute atomic E-state index is 12.5. The Hall–Kier alpha value is -1.43. The largest absolute Gasteiger partial charge is 0.379 e. The van der Waals surface area contributed by atoms with Crippen LogP contribution >= 0.6 is 11.6 Å². The average molecular weight is 337 g/mol. The van der Waals surface area contributed by atoms with Crippen molar-refractivity contribution < 1.29 is 14.3 Å². The molecule has 0 bridgehead atoms. The van der Waals surface area contributed by atoms with E-state index >= 15 is 0 Å². The Balaban J connectivity index is 1.55. The van der Waals surface area contributed by atoms with E-state index in [4.69, 9.17) is 16.3 Å². The Bertz CT molecular complexity index is 570. The van der Waals surface area contributed by atoms with Crippen LogP contribution in [0.15, 0.2) is 24.3 Å². The van der Waals surface area contributed by atoms with Crippen molar-refractivity contribution in [2.75, 3.05) is 39.4 Å². The first-order chi connectivity index (χ1) is 11.1. The maximum Gasteiger partial charge on any atom is 0.233 e. The second kappa shape index (κ2) is 7.43. The summed E-state index contributed by atoms with van der Waals surface area (Å²) >= 11 is 5.88. The quantitative estimate of drug-likeness (QED) is 0.766. The molecule has 124 valence electrons. The molecule has 2 aliphatic heterocycles. The lowest BCUT2D eigenvalue weighted by molar-refractivity contribution is -0.139. The lowest BCUT2D eigenvalue weighted by Gasteiger charge is -2.28. The molecule has 2 amide bonds. The molecule has 2 heterocycles. The molecular formula is C17H21ClN2O3. The number of morpholine rings is 1. The van der Waals surface area contributed by atoms with Crippen molar-refractivity contribution in [2.24, 2.45) is 5.92 Å². The van der Waals surface area contributed by atoms with Crippen LogP contribution in [0.4, 0.5) is 0 Å². The van der Waals surface area contributed by atoms with Crippen LogP contribution in [0.2, 0.25) is 5.02 Å². The van der Waals surface area contributed by atoms with Crippen LogP contribution in [0.5, 0.6) is 0 Å². The highest BCUT2D eigenvalue weighted by molar-refractivity contribution is 6.30. The second-order valence-electron chi connectivity index (χ2n) is 6.07. The van der Waals surface area contributed by atoms with E-state index in [1.807, 2.05) is 24.3 Å². The fourth-order valence-electron chi connectivity index (χ4n) is 3.12. The highest BCUT2D eigenvalue weighted by atomic mass is 35.5. The third-order valence-electron chi connectivity index (χ3n) is 4.48. The van der Waals surface area contributed by atoms with Crippen LogP contribution < -0.4 is 0 Å². The van der Waals surface area contributed by atoms with E-state index in [0.717, 1.165) is 38.4 Å². The summed E-state index contributed by atoms with van der Waals surface area (Å²) in [5.41, 5.74) is 1.04. The normalized spacial score (nSPS) is 22.8. The van der Waals surface area contributed by atoms with Gasteiger partial charge in [-0.2, -0.15) is 0 Å². The van der Waals surface area contributed by atoms with E-state index in [9.17, 15) is 9.59 Å². The summed E-state index contributed by atoms with van der Waals surface area (Å²) in [6.45, 7) is 4.39. The first kappa shape index (κ1) is 16.4. The van der Waals surface area contributed by atoms with E-state index < -0.39 is 0 Å². The summed E-state index contributed by atoms with van der Waals surface area (Å²) in [6, 6.07) is 7.45. The lowest BCUT2D eigenvalue weighted by atomic mass is 9.98. The molecular weight excluding hydrogens is 316 g/mol. The Morgan fingerprint density at radius 2 is 1.78 bits per heavy atom. The van der Waals surface area contributed by atoms with Crippen LogP contribution in [0.1, 0.15) is 12.0 Å². The summed E-state index contributed by atoms with van der Waals surface area (Å²) in [4.78, 5) is 28.3. The molecule has 2 fully saturated rings. The van der Waals surface area contributed by atoms with Crippen molar-refractivity contribution in [2.45, 2.75) is 12.8 Å². The van der Waals surface area contributed by atoms with Crippen molar-refractivity contribution in [3.8, 4) is 0 Å². The molecule has 0 saturated carbocycles. The van der Waals surface area contributed by atoms with Crippen molar-refractivity contribution >= 4 is 23.4 Å². The number of hydrogen-bond donors (Lipinski definition) is 0. The summed E-state index contributed by atoms with van der Waals surface area (Å²) < 4.78 is 5.31. The van der Waals surface area contributed by atoms with Crippen LogP contribution in [0.25, 0.3) is 0 Å². The van der Waals surface area contributed by atoms with E-state index in [-0.39, 0.29) is 17.7 Å². The highest BCUT2D eigenvalue weighted by Gasteiger charge is 2.38. The Morgan fingerprint density at radius 3 is 2.48 bits per heavy atom. The first-order valence-electron chi connectivity index (χ1n) is 8.02. The number of carbonyl (C=O) groups is 2. The van der Waals surface area contributed by atoms with Crippen LogP contribution in [-0.4, -0.2) is 61.0 Å². The number of imide groups is 1. The van der Waals surface area contributed by atoms with Gasteiger partial charge < -0.3 is 4.74 Å². The molecule has 0 N–H and O–H groups in total. The monoisotopic (exact) mass is 336 g/mol. The molecule has 1 aromatic carbocycles. The summed E-state index contributed by atoms with van der Waals surface area (Å²) in [7, 11) is 0. The Labute approximate surface area is 141 Å². The number of halogens is 1. The number of rotatable bonds is 5. The minimum Gasteiger partial charge on any atom is -0.379 e. The van der Waals surface area contributed by atoms with Crippen LogP contribution in [0, 0.1) is 5.92 Å². The molecule has 1 unspecified atom stereocenters. The lowest BCUT2D eigenvalue weighted by Crippen LogP contribution is -2.43. The molecule has 2 aliphatic rings. The topological polar surface area (TPSA) is 49.9 Å². The van der Waals surface area contributed by atoms with Crippen molar-refractivity contribution in [1.82, 2.24) is 9.80 Å². The van der Waals surface area contributed by atoms with E-state index in [1.165, 1.54) is 4.90 Å². The minimum atomic E-state index is -0.242. The first-order valence-corrected chi connectivity index (χ1v) is 8.40. The van der Waals surface area contributed by atoms with Gasteiger partial charge in [0.15, 0.2) is 0 Å². The fraction of sp³-hybridized carbons (Fsp3) is 0.529. The summed E-state index contributed by atoms with van der Waals surface area (Å²) in [5, 5.41) is 0.676. The van der Waals surface area contributed by atoms with Gasteiger partial charge in [0.1, 0.15) is 0 Å². The number of likely N-dealkylation sites (tertiary alicyclic amines) is 1. The molecule has 1 aromatic rings. The van der Waals surface area contributed by atoms with E-state index in [0.29, 0.717) is 24.4 Å². The molecule has 0 aliphatic carbocycles. The van der Waals surface area contributed by atoms with Gasteiger partial charge in [0.05, 0.1) is 19.1 Å². The van der Waals surface area contributed by atoms with Gasteiger partial charge in [0, 0.05) is 37.6 Å². The number of carbonyl (C=O) groups excluding carboxylic acids is 2. The van der Waals surface area contributed by atoms with Gasteiger partial charge in [-0.25, -0.2) is 0 Å². The Morgan fingerprint density at radius 1 is 1.09 bits per heavy atom. The molecule has 5 nitrogen and oxygen atoms in total. The molecule has 1 atom stereocenters. The Kier molecular flexibility index (Phi) is 5.30. The van der Waals surface area contributed by atoms with Crippen molar-refractivity contribution in [3.05, 3.63) is 34.9 Å². The van der Waals surface area contributed by atoms with Crippen molar-refractivity contribution in [1.29, 1.82) is 0 Å². The van der Waals surface area contributed by atoms with Crippen LogP contribution in [0.3, 0.4) is 0 Å². The van der Waals surface area contributed by atoms with Gasteiger partial charge in [-0.1, -0.05) is 23.7 Å². The zero-order valence-corrected chi connectivity index (χ0v) is 13.8. The molecule has 0 radical (unpaired) electrons. The van der Waals surface area contributed by atoms with Gasteiger partial charge in [-0.15, -0.1) is 0 Å². The number of amides is 2. The minimum absolute atomic E-state index is 0.0433. The fourth-order valence-corrected chi connectivity index (χ4v) is 3.24. The van der Waals surface area contributed by atoms with E-state index in [1.54, 1.807) is 0 Å². The standard InChI is InChI=1S/C17H21ClN2O3/c18-15-3-1-13(2-4-15)11-14-12-16(21)20(17(14)22)6-5-19-7-9-23-10-8-19/h1-4,14H,5-12H2. The summed E-state index contributed by atoms with van der Waals surface area (Å²) in [6.07, 6.45) is 0.903. The molecule has 3 rings (SSSR count). The third kappa shape index (κ3) is 4.10. The average Bonchev–Trinajstić information content (AvgIpc) is 2.82. The number of ether oxygens (including phenoxy) is 1. The molecule has 6 heteroatoms. The SMILES string of the molecule is O=C1CC(Cc2ccc(Cl)cc2)C(=O)N1CCN1CCOCC1. The third-order valence-corrected chi connectivity index (χ3v) is 4.73. The summed E-state index contributed by atoms with van der Waals surface area (Å²) in [5.74, 6) is -0.339. The molecule has 0 aromatic heterocycles. The maximum atomic E-state index is 12.5. The van der Waals surface area contributed by atoms with Gasteiger partial charge in [-0.05, 0) is 24.1 Å².